The Bertz CT molecular complexity index is 982. The SMILES string of the molecule is CCCCC(O)CCCC(C=Cc1ccccc1)CCC([N-]c1ccc[nH]1)C(=CC(=O)O)CN=C(N)N. The summed E-state index contributed by atoms with van der Waals surface area (Å²) in [5, 5.41) is 24.5. The molecule has 0 amide bonds. The number of guanidine groups is 1. The molecule has 0 radical (unpaired) electrons. The van der Waals surface area contributed by atoms with Gasteiger partial charge in [-0.2, -0.15) is 0 Å². The molecule has 7 N–H and O–H groups in total. The number of nitrogens with zero attached hydrogens (tertiary/aromatic N) is 2. The molecule has 1 aromatic heterocycles. The number of carboxylic acids is 1. The summed E-state index contributed by atoms with van der Waals surface area (Å²) in [5.41, 5.74) is 12.7. The van der Waals surface area contributed by atoms with Crippen molar-refractivity contribution in [3.05, 3.63) is 77.3 Å². The van der Waals surface area contributed by atoms with Gasteiger partial charge in [-0.15, -0.1) is 0 Å². The summed E-state index contributed by atoms with van der Waals surface area (Å²) in [6.45, 7) is 2.20. The first-order valence-electron chi connectivity index (χ1n) is 13.1. The zero-order chi connectivity index (χ0) is 26.9. The minimum Gasteiger partial charge on any atom is -0.478 e. The van der Waals surface area contributed by atoms with Crippen LogP contribution in [0.4, 0.5) is 5.82 Å². The molecule has 0 bridgehead atoms. The van der Waals surface area contributed by atoms with Crippen LogP contribution < -0.4 is 11.5 Å². The van der Waals surface area contributed by atoms with Crippen LogP contribution in [0.1, 0.15) is 63.9 Å². The number of hydrogen-bond acceptors (Lipinski definition) is 3. The average Bonchev–Trinajstić information content (AvgIpc) is 3.39. The van der Waals surface area contributed by atoms with Gasteiger partial charge in [0, 0.05) is 6.08 Å². The minimum absolute atomic E-state index is 0.0671. The Balaban J connectivity index is 2.17. The van der Waals surface area contributed by atoms with Crippen molar-refractivity contribution < 1.29 is 15.0 Å². The van der Waals surface area contributed by atoms with Gasteiger partial charge in [-0.25, -0.2) is 9.79 Å². The lowest BCUT2D eigenvalue weighted by atomic mass is 9.90. The molecule has 202 valence electrons. The van der Waals surface area contributed by atoms with Crippen LogP contribution >= 0.6 is 0 Å². The number of aliphatic hydroxyl groups is 1. The van der Waals surface area contributed by atoms with Crippen LogP contribution in [0.5, 0.6) is 0 Å². The third kappa shape index (κ3) is 12.8. The lowest BCUT2D eigenvalue weighted by molar-refractivity contribution is -0.131. The van der Waals surface area contributed by atoms with Gasteiger partial charge in [0.2, 0.25) is 0 Å². The Labute approximate surface area is 220 Å². The number of aromatic amines is 1. The molecule has 1 heterocycles. The fourth-order valence-electron chi connectivity index (χ4n) is 4.21. The van der Waals surface area contributed by atoms with Gasteiger partial charge in [0.15, 0.2) is 5.96 Å². The van der Waals surface area contributed by atoms with E-state index in [1.165, 1.54) is 0 Å². The van der Waals surface area contributed by atoms with Crippen molar-refractivity contribution in [3.8, 4) is 0 Å². The number of aliphatic hydroxyl groups excluding tert-OH is 1. The molecule has 3 unspecified atom stereocenters. The molecule has 0 saturated carbocycles. The number of nitrogens with one attached hydrogen (secondary N) is 1. The summed E-state index contributed by atoms with van der Waals surface area (Å²) in [6.07, 6.45) is 14.0. The highest BCUT2D eigenvalue weighted by Gasteiger charge is 2.16. The maximum atomic E-state index is 11.6. The Morgan fingerprint density at radius 2 is 1.81 bits per heavy atom. The Hall–Kier alpha value is -3.52. The number of H-pyrrole nitrogens is 1. The van der Waals surface area contributed by atoms with Crippen molar-refractivity contribution in [2.45, 2.75) is 70.4 Å². The standard InChI is InChI=1S/C29H42N5O3/c1-2-3-12-25(35)13-7-11-23(16-15-22-9-5-4-6-10-22)17-18-26(34-27-14-8-19-32-27)24(20-28(36)37)21-33-29(30)31/h4-6,8-10,14-16,19-20,23,25-26,32,35H,2-3,7,11-13,17-18,21H2,1H3,(H,36,37)(H4,30,31,33)/q-1. The summed E-state index contributed by atoms with van der Waals surface area (Å²) in [6, 6.07) is 13.4. The van der Waals surface area contributed by atoms with E-state index in [0.29, 0.717) is 17.8 Å². The van der Waals surface area contributed by atoms with Gasteiger partial charge in [0.25, 0.3) is 0 Å². The number of nitrogens with two attached hydrogens (primary N) is 2. The summed E-state index contributed by atoms with van der Waals surface area (Å²) in [5.74, 6) is -0.246. The normalized spacial score (nSPS) is 14.3. The van der Waals surface area contributed by atoms with Crippen molar-refractivity contribution >= 4 is 23.8 Å². The van der Waals surface area contributed by atoms with E-state index < -0.39 is 12.0 Å². The predicted molar refractivity (Wildman–Crippen MR) is 152 cm³/mol. The fraction of sp³-hybridized carbons (Fsp3) is 0.448. The van der Waals surface area contributed by atoms with E-state index in [-0.39, 0.29) is 24.5 Å². The summed E-state index contributed by atoms with van der Waals surface area (Å²) >= 11 is 0. The van der Waals surface area contributed by atoms with E-state index in [2.05, 4.69) is 41.2 Å². The number of benzene rings is 1. The van der Waals surface area contributed by atoms with Crippen molar-refractivity contribution in [3.63, 3.8) is 0 Å². The van der Waals surface area contributed by atoms with Gasteiger partial charge in [-0.3, -0.25) is 0 Å². The third-order valence-electron chi connectivity index (χ3n) is 6.23. The molecule has 37 heavy (non-hydrogen) atoms. The van der Waals surface area contributed by atoms with E-state index in [0.717, 1.165) is 56.6 Å². The van der Waals surface area contributed by atoms with Crippen LogP contribution in [0.2, 0.25) is 0 Å². The molecule has 2 aromatic rings. The predicted octanol–water partition coefficient (Wildman–Crippen LogP) is 5.50. The number of unbranched alkanes of at least 4 members (excludes halogenated alkanes) is 1. The maximum absolute atomic E-state index is 11.6. The molecule has 0 aliphatic rings. The number of aliphatic imine (C=N–C) groups is 1. The van der Waals surface area contributed by atoms with Crippen LogP contribution in [0.3, 0.4) is 0 Å². The fourth-order valence-corrected chi connectivity index (χ4v) is 4.21. The van der Waals surface area contributed by atoms with Crippen LogP contribution in [-0.2, 0) is 4.79 Å². The summed E-state index contributed by atoms with van der Waals surface area (Å²) in [7, 11) is 0. The van der Waals surface area contributed by atoms with Gasteiger partial charge in [0.05, 0.1) is 12.6 Å². The Morgan fingerprint density at radius 1 is 1.05 bits per heavy atom. The van der Waals surface area contributed by atoms with Gasteiger partial charge in [-0.05, 0) is 55.2 Å². The highest BCUT2D eigenvalue weighted by atomic mass is 16.4. The summed E-state index contributed by atoms with van der Waals surface area (Å²) in [4.78, 5) is 18.7. The number of allylic oxidation sites excluding steroid dienone is 1. The van der Waals surface area contributed by atoms with Gasteiger partial charge >= 0.3 is 5.97 Å². The second-order valence-corrected chi connectivity index (χ2v) is 9.33. The molecule has 0 fully saturated rings. The average molecular weight is 509 g/mol. The first-order valence-corrected chi connectivity index (χ1v) is 13.1. The Kier molecular flexibility index (Phi) is 13.7. The molecule has 0 aliphatic carbocycles. The van der Waals surface area contributed by atoms with Gasteiger partial charge in [-0.1, -0.05) is 92.8 Å². The van der Waals surface area contributed by atoms with Crippen molar-refractivity contribution in [2.75, 3.05) is 6.54 Å². The second-order valence-electron chi connectivity index (χ2n) is 9.33. The number of aromatic nitrogens is 1. The quantitative estimate of drug-likeness (QED) is 0.102. The third-order valence-corrected chi connectivity index (χ3v) is 6.23. The number of rotatable bonds is 18. The first kappa shape index (κ1) is 29.7. The van der Waals surface area contributed by atoms with Crippen molar-refractivity contribution in [1.29, 1.82) is 0 Å². The monoisotopic (exact) mass is 508 g/mol. The molecule has 0 aliphatic heterocycles. The van der Waals surface area contributed by atoms with Crippen LogP contribution in [0.25, 0.3) is 11.4 Å². The number of carbonyl (C=O) groups is 1. The molecule has 8 nitrogen and oxygen atoms in total. The summed E-state index contributed by atoms with van der Waals surface area (Å²) < 4.78 is 0. The van der Waals surface area contributed by atoms with E-state index in [1.807, 2.05) is 30.3 Å². The molecule has 2 rings (SSSR count). The molecule has 0 saturated heterocycles. The van der Waals surface area contributed by atoms with Crippen molar-refractivity contribution in [2.24, 2.45) is 22.4 Å². The molecular weight excluding hydrogens is 466 g/mol. The van der Waals surface area contributed by atoms with Crippen molar-refractivity contribution in [1.82, 2.24) is 4.98 Å². The highest BCUT2D eigenvalue weighted by Crippen LogP contribution is 2.30. The maximum Gasteiger partial charge on any atom is 0.328 e. The molecule has 0 spiro atoms. The van der Waals surface area contributed by atoms with E-state index in [4.69, 9.17) is 16.8 Å². The lowest BCUT2D eigenvalue weighted by Crippen LogP contribution is -2.24. The smallest absolute Gasteiger partial charge is 0.328 e. The van der Waals surface area contributed by atoms with Gasteiger partial charge < -0.3 is 32.0 Å². The number of aliphatic carboxylic acids is 1. The topological polar surface area (TPSA) is 152 Å². The molecule has 1 aromatic carbocycles. The largest absolute Gasteiger partial charge is 0.478 e. The van der Waals surface area contributed by atoms with E-state index in [9.17, 15) is 15.0 Å². The Morgan fingerprint density at radius 3 is 2.46 bits per heavy atom. The minimum atomic E-state index is -1.06. The lowest BCUT2D eigenvalue weighted by Gasteiger charge is -2.28. The van der Waals surface area contributed by atoms with E-state index in [1.54, 1.807) is 6.20 Å². The zero-order valence-corrected chi connectivity index (χ0v) is 21.8. The molecule has 8 heteroatoms. The molecule has 3 atom stereocenters. The number of carboxylic acid groups (broad SMARTS) is 1. The molecular formula is C29H42N5O3-. The van der Waals surface area contributed by atoms with Crippen LogP contribution in [-0.4, -0.2) is 45.8 Å². The van der Waals surface area contributed by atoms with Crippen LogP contribution in [0.15, 0.2) is 71.4 Å². The first-order chi connectivity index (χ1) is 17.9. The van der Waals surface area contributed by atoms with E-state index >= 15 is 0 Å². The van der Waals surface area contributed by atoms with Gasteiger partial charge in [0.1, 0.15) is 0 Å². The second kappa shape index (κ2) is 17.0. The zero-order valence-electron chi connectivity index (χ0n) is 21.8. The highest BCUT2D eigenvalue weighted by molar-refractivity contribution is 5.81. The number of hydrogen-bond donors (Lipinski definition) is 5. The van der Waals surface area contributed by atoms with Crippen LogP contribution in [0, 0.1) is 5.92 Å².